The Morgan fingerprint density at radius 2 is 1.89 bits per heavy atom. The largest absolute Gasteiger partial charge is 0.349 e. The first-order valence-electron chi connectivity index (χ1n) is 7.36. The Morgan fingerprint density at radius 1 is 1.21 bits per heavy atom. The summed E-state index contributed by atoms with van der Waals surface area (Å²) in [4.78, 5) is 12.2. The molecule has 3 aliphatic rings. The summed E-state index contributed by atoms with van der Waals surface area (Å²) in [6, 6.07) is 9.89. The van der Waals surface area contributed by atoms with Crippen LogP contribution in [0.3, 0.4) is 0 Å². The second kappa shape index (κ2) is 4.36. The van der Waals surface area contributed by atoms with E-state index in [1.807, 2.05) is 30.3 Å². The monoisotopic (exact) mass is 257 g/mol. The van der Waals surface area contributed by atoms with Gasteiger partial charge in [0.2, 0.25) is 0 Å². The summed E-state index contributed by atoms with van der Waals surface area (Å²) >= 11 is 0. The van der Waals surface area contributed by atoms with Crippen molar-refractivity contribution >= 4 is 5.91 Å². The zero-order valence-corrected chi connectivity index (χ0v) is 12.0. The number of carbonyl (C=O) groups excluding carboxylic acids is 1. The predicted octanol–water partition coefficient (Wildman–Crippen LogP) is 3.49. The fourth-order valence-corrected chi connectivity index (χ4v) is 4.18. The van der Waals surface area contributed by atoms with E-state index in [-0.39, 0.29) is 5.91 Å². The normalized spacial score (nSPS) is 35.3. The molecule has 3 aliphatic carbocycles. The van der Waals surface area contributed by atoms with Gasteiger partial charge in [-0.05, 0) is 48.1 Å². The molecule has 2 heteroatoms. The van der Waals surface area contributed by atoms with E-state index in [4.69, 9.17) is 0 Å². The zero-order valence-electron chi connectivity index (χ0n) is 12.0. The van der Waals surface area contributed by atoms with Crippen molar-refractivity contribution in [1.82, 2.24) is 5.32 Å². The molecule has 4 rings (SSSR count). The highest BCUT2D eigenvalue weighted by Gasteiger charge is 2.56. The zero-order chi connectivity index (χ0) is 13.6. The van der Waals surface area contributed by atoms with E-state index in [0.29, 0.717) is 17.4 Å². The molecular formula is C17H23NO. The third-order valence-electron chi connectivity index (χ3n) is 5.71. The molecule has 19 heavy (non-hydrogen) atoms. The first-order chi connectivity index (χ1) is 9.00. The molecule has 3 fully saturated rings. The van der Waals surface area contributed by atoms with E-state index in [2.05, 4.69) is 26.1 Å². The van der Waals surface area contributed by atoms with Crippen LogP contribution in [0.5, 0.6) is 0 Å². The highest BCUT2D eigenvalue weighted by Crippen LogP contribution is 2.61. The molecule has 4 atom stereocenters. The summed E-state index contributed by atoms with van der Waals surface area (Å²) in [6.07, 6.45) is 2.50. The maximum atomic E-state index is 12.2. The second-order valence-corrected chi connectivity index (χ2v) is 6.90. The maximum Gasteiger partial charge on any atom is 0.251 e. The smallest absolute Gasteiger partial charge is 0.251 e. The number of hydrogen-bond acceptors (Lipinski definition) is 1. The van der Waals surface area contributed by atoms with E-state index >= 15 is 0 Å². The summed E-state index contributed by atoms with van der Waals surface area (Å²) in [5.74, 6) is 2.23. The third kappa shape index (κ3) is 1.98. The molecule has 2 nitrogen and oxygen atoms in total. The molecule has 0 radical (unpaired) electrons. The molecule has 102 valence electrons. The van der Waals surface area contributed by atoms with Crippen molar-refractivity contribution in [3.05, 3.63) is 35.9 Å². The molecule has 3 saturated carbocycles. The number of carbonyl (C=O) groups is 1. The lowest BCUT2D eigenvalue weighted by Crippen LogP contribution is -2.60. The van der Waals surface area contributed by atoms with Gasteiger partial charge in [0.15, 0.2) is 0 Å². The Bertz CT molecular complexity index is 479. The minimum atomic E-state index is 0.0801. The number of benzene rings is 1. The fourth-order valence-electron chi connectivity index (χ4n) is 4.18. The summed E-state index contributed by atoms with van der Waals surface area (Å²) < 4.78 is 0. The Balaban J connectivity index is 1.68. The Kier molecular flexibility index (Phi) is 2.92. The van der Waals surface area contributed by atoms with Gasteiger partial charge in [-0.15, -0.1) is 0 Å². The van der Waals surface area contributed by atoms with E-state index in [9.17, 15) is 4.79 Å². The van der Waals surface area contributed by atoms with Crippen molar-refractivity contribution in [1.29, 1.82) is 0 Å². The van der Waals surface area contributed by atoms with Crippen LogP contribution in [-0.4, -0.2) is 11.9 Å². The topological polar surface area (TPSA) is 29.1 Å². The number of hydrogen-bond donors (Lipinski definition) is 1. The van der Waals surface area contributed by atoms with Crippen LogP contribution >= 0.6 is 0 Å². The summed E-state index contributed by atoms with van der Waals surface area (Å²) in [5, 5.41) is 3.24. The lowest BCUT2D eigenvalue weighted by molar-refractivity contribution is -0.113. The van der Waals surface area contributed by atoms with Crippen LogP contribution in [0.15, 0.2) is 30.3 Å². The van der Waals surface area contributed by atoms with Crippen LogP contribution in [0.2, 0.25) is 0 Å². The van der Waals surface area contributed by atoms with Gasteiger partial charge < -0.3 is 5.32 Å². The maximum absolute atomic E-state index is 12.2. The molecule has 0 aliphatic heterocycles. The van der Waals surface area contributed by atoms with Crippen molar-refractivity contribution in [2.45, 2.75) is 39.7 Å². The van der Waals surface area contributed by atoms with E-state index in [1.165, 1.54) is 6.42 Å². The van der Waals surface area contributed by atoms with Crippen LogP contribution in [-0.2, 0) is 0 Å². The van der Waals surface area contributed by atoms with Crippen molar-refractivity contribution in [2.75, 3.05) is 0 Å². The number of nitrogens with one attached hydrogen (secondary N) is 1. The molecular weight excluding hydrogens is 234 g/mol. The van der Waals surface area contributed by atoms with Gasteiger partial charge in [0.1, 0.15) is 0 Å². The second-order valence-electron chi connectivity index (χ2n) is 6.90. The highest BCUT2D eigenvalue weighted by molar-refractivity contribution is 5.94. The van der Waals surface area contributed by atoms with Gasteiger partial charge in [0.05, 0.1) is 0 Å². The highest BCUT2D eigenvalue weighted by atomic mass is 16.1. The van der Waals surface area contributed by atoms with E-state index < -0.39 is 0 Å². The lowest BCUT2D eigenvalue weighted by Gasteiger charge is -2.62. The van der Waals surface area contributed by atoms with Crippen LogP contribution in [0, 0.1) is 23.2 Å². The van der Waals surface area contributed by atoms with Crippen LogP contribution < -0.4 is 5.32 Å². The van der Waals surface area contributed by atoms with E-state index in [1.54, 1.807) is 0 Å². The molecule has 1 aromatic carbocycles. The van der Waals surface area contributed by atoms with Gasteiger partial charge in [0, 0.05) is 11.6 Å². The molecule has 1 aromatic rings. The van der Waals surface area contributed by atoms with Crippen LogP contribution in [0.4, 0.5) is 0 Å². The fraction of sp³-hybridized carbons (Fsp3) is 0.588. The van der Waals surface area contributed by atoms with E-state index in [0.717, 1.165) is 23.8 Å². The average Bonchev–Trinajstić information content (AvgIpc) is 2.41. The average molecular weight is 257 g/mol. The van der Waals surface area contributed by atoms with Gasteiger partial charge in [-0.25, -0.2) is 0 Å². The molecule has 1 amide bonds. The number of fused-ring (bicyclic) bond motifs is 2. The molecule has 0 aromatic heterocycles. The number of rotatable bonds is 2. The van der Waals surface area contributed by atoms with Gasteiger partial charge in [-0.2, -0.15) is 0 Å². The molecule has 0 unspecified atom stereocenters. The molecule has 2 bridgehead atoms. The standard InChI is InChI=1S/C17H23NO/c1-11-14-9-13(17(14,2)3)10-15(11)18-16(19)12-7-5-4-6-8-12/h4-8,11,13-15H,9-10H2,1-3H3,(H,18,19)/t11-,13-,14+,15-/m0/s1. The summed E-state index contributed by atoms with van der Waals surface area (Å²) in [5.41, 5.74) is 1.25. The molecule has 0 heterocycles. The Labute approximate surface area is 115 Å². The summed E-state index contributed by atoms with van der Waals surface area (Å²) in [7, 11) is 0. The third-order valence-corrected chi connectivity index (χ3v) is 5.71. The lowest BCUT2D eigenvalue weighted by atomic mass is 9.45. The SMILES string of the molecule is C[C@@H]1[C@@H](NC(=O)c2ccccc2)C[C@@H]2C[C@H]1C2(C)C. The van der Waals surface area contributed by atoms with Crippen LogP contribution in [0.1, 0.15) is 44.0 Å². The van der Waals surface area contributed by atoms with Gasteiger partial charge in [-0.1, -0.05) is 39.0 Å². The quantitative estimate of drug-likeness (QED) is 0.863. The summed E-state index contributed by atoms with van der Waals surface area (Å²) in [6.45, 7) is 7.08. The van der Waals surface area contributed by atoms with Gasteiger partial charge >= 0.3 is 0 Å². The van der Waals surface area contributed by atoms with Crippen molar-refractivity contribution in [3.8, 4) is 0 Å². The van der Waals surface area contributed by atoms with Crippen molar-refractivity contribution in [3.63, 3.8) is 0 Å². The molecule has 0 saturated heterocycles. The first-order valence-corrected chi connectivity index (χ1v) is 7.36. The predicted molar refractivity (Wildman–Crippen MR) is 76.9 cm³/mol. The number of amides is 1. The minimum absolute atomic E-state index is 0.0801. The molecule has 1 N–H and O–H groups in total. The van der Waals surface area contributed by atoms with Crippen LogP contribution in [0.25, 0.3) is 0 Å². The molecule has 0 spiro atoms. The minimum Gasteiger partial charge on any atom is -0.349 e. The first kappa shape index (κ1) is 12.7. The van der Waals surface area contributed by atoms with Gasteiger partial charge in [0.25, 0.3) is 5.91 Å². The van der Waals surface area contributed by atoms with Crippen molar-refractivity contribution in [2.24, 2.45) is 23.2 Å². The Morgan fingerprint density at radius 3 is 2.47 bits per heavy atom. The Hall–Kier alpha value is -1.31. The van der Waals surface area contributed by atoms with Gasteiger partial charge in [-0.3, -0.25) is 4.79 Å². The van der Waals surface area contributed by atoms with Crippen molar-refractivity contribution < 1.29 is 4.79 Å².